The van der Waals surface area contributed by atoms with Crippen LogP contribution in [-0.4, -0.2) is 48.5 Å². The first-order chi connectivity index (χ1) is 16.4. The summed E-state index contributed by atoms with van der Waals surface area (Å²) in [6.45, 7) is 2.68. The number of hydrogen-bond acceptors (Lipinski definition) is 6. The van der Waals surface area contributed by atoms with Gasteiger partial charge in [0.15, 0.2) is 0 Å². The van der Waals surface area contributed by atoms with Gasteiger partial charge in [0.25, 0.3) is 5.91 Å². The van der Waals surface area contributed by atoms with Gasteiger partial charge in [0.2, 0.25) is 11.9 Å². The molecule has 4 rings (SSSR count). The predicted octanol–water partition coefficient (Wildman–Crippen LogP) is 3.99. The predicted molar refractivity (Wildman–Crippen MR) is 135 cm³/mol. The fourth-order valence-electron chi connectivity index (χ4n) is 4.64. The van der Waals surface area contributed by atoms with Gasteiger partial charge in [-0.2, -0.15) is 4.98 Å². The SMILES string of the molecule is Cc1cnc(N[C@H]2CC[C@@H](CNC(=O)c3cccc(NC(=O)C4CCC4)c3)CC2)nc1N(C)C. The number of aromatic nitrogens is 2. The van der Waals surface area contributed by atoms with E-state index in [-0.39, 0.29) is 17.7 Å². The summed E-state index contributed by atoms with van der Waals surface area (Å²) in [5.74, 6) is 2.15. The number of rotatable bonds is 8. The van der Waals surface area contributed by atoms with E-state index in [9.17, 15) is 9.59 Å². The molecule has 0 radical (unpaired) electrons. The second kappa shape index (κ2) is 10.8. The largest absolute Gasteiger partial charge is 0.362 e. The number of hydrogen-bond donors (Lipinski definition) is 3. The first kappa shape index (κ1) is 24.0. The summed E-state index contributed by atoms with van der Waals surface area (Å²) in [5, 5.41) is 9.51. The minimum Gasteiger partial charge on any atom is -0.362 e. The molecule has 34 heavy (non-hydrogen) atoms. The molecule has 0 saturated heterocycles. The first-order valence-electron chi connectivity index (χ1n) is 12.4. The molecule has 2 aliphatic carbocycles. The Bertz CT molecular complexity index is 1010. The average molecular weight is 465 g/mol. The first-order valence-corrected chi connectivity index (χ1v) is 12.4. The second-order valence-electron chi connectivity index (χ2n) is 9.86. The van der Waals surface area contributed by atoms with Crippen molar-refractivity contribution in [3.8, 4) is 0 Å². The van der Waals surface area contributed by atoms with E-state index in [0.29, 0.717) is 35.7 Å². The normalized spacial score (nSPS) is 20.2. The van der Waals surface area contributed by atoms with Crippen molar-refractivity contribution in [2.75, 3.05) is 36.2 Å². The average Bonchev–Trinajstić information content (AvgIpc) is 2.78. The number of aryl methyl sites for hydroxylation is 1. The third-order valence-corrected chi connectivity index (χ3v) is 6.97. The molecule has 0 atom stereocenters. The van der Waals surface area contributed by atoms with Gasteiger partial charge in [-0.3, -0.25) is 9.59 Å². The van der Waals surface area contributed by atoms with E-state index in [1.54, 1.807) is 12.1 Å². The van der Waals surface area contributed by atoms with E-state index in [4.69, 9.17) is 0 Å². The fourth-order valence-corrected chi connectivity index (χ4v) is 4.64. The number of carbonyl (C=O) groups is 2. The lowest BCUT2D eigenvalue weighted by Gasteiger charge is -2.29. The molecule has 0 aliphatic heterocycles. The highest BCUT2D eigenvalue weighted by Crippen LogP contribution is 2.28. The van der Waals surface area contributed by atoms with Crippen LogP contribution in [0, 0.1) is 18.8 Å². The maximum atomic E-state index is 12.7. The van der Waals surface area contributed by atoms with Crippen LogP contribution in [0.1, 0.15) is 60.9 Å². The third kappa shape index (κ3) is 6.04. The molecule has 1 aromatic carbocycles. The summed E-state index contributed by atoms with van der Waals surface area (Å²) < 4.78 is 0. The molecule has 0 bridgehead atoms. The summed E-state index contributed by atoms with van der Waals surface area (Å²) in [5.41, 5.74) is 2.32. The zero-order chi connectivity index (χ0) is 24.1. The summed E-state index contributed by atoms with van der Waals surface area (Å²) in [6, 6.07) is 7.55. The van der Waals surface area contributed by atoms with E-state index in [0.717, 1.165) is 56.3 Å². The molecular weight excluding hydrogens is 428 g/mol. The molecule has 2 aromatic rings. The standard InChI is InChI=1S/C26H36N6O2/c1-17-15-28-26(31-23(17)32(2)3)30-21-12-10-18(11-13-21)16-27-24(33)20-8-5-9-22(14-20)29-25(34)19-6-4-7-19/h5,8-9,14-15,18-19,21H,4,6-7,10-13,16H2,1-3H3,(H,27,33)(H,29,34)(H,28,30,31)/t18-,21+. The monoisotopic (exact) mass is 464 g/mol. The van der Waals surface area contributed by atoms with Crippen LogP contribution in [0.2, 0.25) is 0 Å². The Hall–Kier alpha value is -3.16. The van der Waals surface area contributed by atoms with Crippen LogP contribution in [0.25, 0.3) is 0 Å². The molecule has 182 valence electrons. The van der Waals surface area contributed by atoms with Crippen molar-refractivity contribution < 1.29 is 9.59 Å². The third-order valence-electron chi connectivity index (χ3n) is 6.97. The van der Waals surface area contributed by atoms with Crippen LogP contribution < -0.4 is 20.9 Å². The van der Waals surface area contributed by atoms with Crippen LogP contribution in [0.15, 0.2) is 30.5 Å². The second-order valence-corrected chi connectivity index (χ2v) is 9.86. The van der Waals surface area contributed by atoms with Gasteiger partial charge in [-0.25, -0.2) is 4.98 Å². The zero-order valence-corrected chi connectivity index (χ0v) is 20.4. The summed E-state index contributed by atoms with van der Waals surface area (Å²) >= 11 is 0. The van der Waals surface area contributed by atoms with Crippen molar-refractivity contribution in [2.45, 2.75) is 57.9 Å². The van der Waals surface area contributed by atoms with Gasteiger partial charge in [-0.1, -0.05) is 12.5 Å². The molecular formula is C26H36N6O2. The van der Waals surface area contributed by atoms with E-state index in [1.807, 2.05) is 44.2 Å². The Kier molecular flexibility index (Phi) is 7.65. The molecule has 0 spiro atoms. The van der Waals surface area contributed by atoms with E-state index >= 15 is 0 Å². The molecule has 8 heteroatoms. The van der Waals surface area contributed by atoms with E-state index in [2.05, 4.69) is 25.9 Å². The Balaban J connectivity index is 1.22. The topological polar surface area (TPSA) is 99.2 Å². The van der Waals surface area contributed by atoms with E-state index in [1.165, 1.54) is 0 Å². The summed E-state index contributed by atoms with van der Waals surface area (Å²) in [4.78, 5) is 36.0. The smallest absolute Gasteiger partial charge is 0.251 e. The number of carbonyl (C=O) groups excluding carboxylic acids is 2. The van der Waals surface area contributed by atoms with Gasteiger partial charge >= 0.3 is 0 Å². The summed E-state index contributed by atoms with van der Waals surface area (Å²) in [6.07, 6.45) is 9.03. The van der Waals surface area contributed by atoms with Gasteiger partial charge in [0, 0.05) is 55.6 Å². The highest BCUT2D eigenvalue weighted by molar-refractivity contribution is 5.97. The van der Waals surface area contributed by atoms with Crippen LogP contribution in [0.5, 0.6) is 0 Å². The van der Waals surface area contributed by atoms with Gasteiger partial charge in [0.05, 0.1) is 0 Å². The molecule has 2 aliphatic rings. The van der Waals surface area contributed by atoms with Crippen molar-refractivity contribution in [1.82, 2.24) is 15.3 Å². The lowest BCUT2D eigenvalue weighted by Crippen LogP contribution is -2.34. The van der Waals surface area contributed by atoms with Crippen molar-refractivity contribution in [2.24, 2.45) is 11.8 Å². The van der Waals surface area contributed by atoms with Crippen LogP contribution in [-0.2, 0) is 4.79 Å². The van der Waals surface area contributed by atoms with Crippen molar-refractivity contribution in [3.05, 3.63) is 41.6 Å². The Morgan fingerprint density at radius 2 is 1.85 bits per heavy atom. The molecule has 0 unspecified atom stereocenters. The highest BCUT2D eigenvalue weighted by Gasteiger charge is 2.25. The number of benzene rings is 1. The molecule has 3 N–H and O–H groups in total. The van der Waals surface area contributed by atoms with Crippen LogP contribution in [0.3, 0.4) is 0 Å². The molecule has 1 aromatic heterocycles. The van der Waals surface area contributed by atoms with Crippen molar-refractivity contribution in [3.63, 3.8) is 0 Å². The van der Waals surface area contributed by atoms with Gasteiger partial charge < -0.3 is 20.9 Å². The molecule has 2 amide bonds. The number of amides is 2. The molecule has 1 heterocycles. The van der Waals surface area contributed by atoms with Crippen molar-refractivity contribution >= 4 is 29.3 Å². The van der Waals surface area contributed by atoms with Crippen molar-refractivity contribution in [1.29, 1.82) is 0 Å². The maximum Gasteiger partial charge on any atom is 0.251 e. The molecule has 8 nitrogen and oxygen atoms in total. The minimum absolute atomic E-state index is 0.0585. The Morgan fingerprint density at radius 1 is 1.09 bits per heavy atom. The lowest BCUT2D eigenvalue weighted by atomic mass is 9.85. The number of anilines is 3. The van der Waals surface area contributed by atoms with Gasteiger partial charge in [-0.15, -0.1) is 0 Å². The number of nitrogens with zero attached hydrogens (tertiary/aromatic N) is 3. The highest BCUT2D eigenvalue weighted by atomic mass is 16.2. The van der Waals surface area contributed by atoms with Gasteiger partial charge in [-0.05, 0) is 69.6 Å². The molecule has 2 saturated carbocycles. The number of nitrogens with one attached hydrogen (secondary N) is 3. The summed E-state index contributed by atoms with van der Waals surface area (Å²) in [7, 11) is 3.97. The zero-order valence-electron chi connectivity index (χ0n) is 20.4. The maximum absolute atomic E-state index is 12.7. The molecule has 2 fully saturated rings. The van der Waals surface area contributed by atoms with Crippen LogP contribution in [0.4, 0.5) is 17.5 Å². The lowest BCUT2D eigenvalue weighted by molar-refractivity contribution is -0.122. The Labute approximate surface area is 201 Å². The van der Waals surface area contributed by atoms with Gasteiger partial charge in [0.1, 0.15) is 5.82 Å². The van der Waals surface area contributed by atoms with E-state index < -0.39 is 0 Å². The minimum atomic E-state index is -0.0933. The van der Waals surface area contributed by atoms with Crippen LogP contribution >= 0.6 is 0 Å². The quantitative estimate of drug-likeness (QED) is 0.546. The fraction of sp³-hybridized carbons (Fsp3) is 0.538. The Morgan fingerprint density at radius 3 is 2.53 bits per heavy atom.